The predicted octanol–water partition coefficient (Wildman–Crippen LogP) is 1.24. The summed E-state index contributed by atoms with van der Waals surface area (Å²) in [6.07, 6.45) is 0.968. The molecule has 0 aliphatic rings. The first-order chi connectivity index (χ1) is 22.0. The van der Waals surface area contributed by atoms with E-state index in [0.717, 1.165) is 16.5 Å². The number of aromatic amines is 1. The number of aromatic nitrogens is 1. The number of carboxylic acids is 2. The lowest BCUT2D eigenvalue weighted by atomic mass is 10.0. The summed E-state index contributed by atoms with van der Waals surface area (Å²) in [4.78, 5) is 66.3. The van der Waals surface area contributed by atoms with Gasteiger partial charge < -0.3 is 42.0 Å². The topological polar surface area (TPSA) is 224 Å². The van der Waals surface area contributed by atoms with Crippen molar-refractivity contribution >= 4 is 40.6 Å². The number of hydrogen-bond donors (Lipinski definition) is 8. The van der Waals surface area contributed by atoms with Gasteiger partial charge in [-0.3, -0.25) is 19.2 Å². The number of phenolic OH excluding ortho intramolecular Hbond substituents is 1. The monoisotopic (exact) mass is 629 g/mol. The Morgan fingerprint density at radius 3 is 1.83 bits per heavy atom. The van der Waals surface area contributed by atoms with Gasteiger partial charge >= 0.3 is 11.9 Å². The van der Waals surface area contributed by atoms with E-state index in [1.807, 2.05) is 24.3 Å². The van der Waals surface area contributed by atoms with Gasteiger partial charge in [-0.1, -0.05) is 60.7 Å². The molecule has 9 N–H and O–H groups in total. The highest BCUT2D eigenvalue weighted by Crippen LogP contribution is 2.19. The highest BCUT2D eigenvalue weighted by atomic mass is 16.4. The van der Waals surface area contributed by atoms with Crippen molar-refractivity contribution < 1.29 is 39.3 Å². The van der Waals surface area contributed by atoms with Crippen LogP contribution in [0.15, 0.2) is 85.1 Å². The second kappa shape index (κ2) is 15.3. The van der Waals surface area contributed by atoms with Gasteiger partial charge in [0.1, 0.15) is 23.9 Å². The molecule has 0 saturated heterocycles. The number of carbonyl (C=O) groups excluding carboxylic acids is 3. The molecule has 0 spiro atoms. The second-order valence-corrected chi connectivity index (χ2v) is 10.9. The molecule has 0 radical (unpaired) electrons. The number of carbonyl (C=O) groups is 5. The molecule has 4 rings (SSSR count). The quantitative estimate of drug-likeness (QED) is 0.0946. The van der Waals surface area contributed by atoms with E-state index in [4.69, 9.17) is 10.8 Å². The maximum atomic E-state index is 13.8. The number of nitrogens with one attached hydrogen (secondary N) is 4. The van der Waals surface area contributed by atoms with Crippen molar-refractivity contribution in [2.75, 3.05) is 0 Å². The van der Waals surface area contributed by atoms with E-state index in [-0.39, 0.29) is 25.0 Å². The van der Waals surface area contributed by atoms with Crippen LogP contribution in [0.4, 0.5) is 0 Å². The van der Waals surface area contributed by atoms with Crippen molar-refractivity contribution in [3.05, 3.63) is 102 Å². The molecule has 1 aromatic heterocycles. The Hall–Kier alpha value is -5.69. The maximum absolute atomic E-state index is 13.8. The van der Waals surface area contributed by atoms with Gasteiger partial charge in [0.15, 0.2) is 0 Å². The number of rotatable bonds is 15. The Morgan fingerprint density at radius 1 is 0.674 bits per heavy atom. The Kier molecular flexibility index (Phi) is 11.1. The molecule has 3 aromatic carbocycles. The number of aliphatic carboxylic acids is 2. The first-order valence-corrected chi connectivity index (χ1v) is 14.5. The number of phenols is 1. The lowest BCUT2D eigenvalue weighted by Crippen LogP contribution is -2.58. The van der Waals surface area contributed by atoms with Crippen molar-refractivity contribution in [2.45, 2.75) is 49.9 Å². The Bertz CT molecular complexity index is 1690. The molecule has 1 heterocycles. The van der Waals surface area contributed by atoms with E-state index in [9.17, 15) is 34.2 Å². The van der Waals surface area contributed by atoms with Crippen LogP contribution in [0, 0.1) is 0 Å². The summed E-state index contributed by atoms with van der Waals surface area (Å²) in [6, 6.07) is 16.8. The van der Waals surface area contributed by atoms with Crippen LogP contribution in [0.1, 0.15) is 23.1 Å². The largest absolute Gasteiger partial charge is 0.508 e. The number of benzene rings is 3. The maximum Gasteiger partial charge on any atom is 0.326 e. The van der Waals surface area contributed by atoms with E-state index in [0.29, 0.717) is 11.1 Å². The average molecular weight is 630 g/mol. The zero-order chi connectivity index (χ0) is 33.2. The number of H-pyrrole nitrogens is 1. The van der Waals surface area contributed by atoms with E-state index >= 15 is 0 Å². The Labute approximate surface area is 263 Å². The van der Waals surface area contributed by atoms with Crippen LogP contribution >= 0.6 is 0 Å². The third kappa shape index (κ3) is 9.16. The van der Waals surface area contributed by atoms with Crippen molar-refractivity contribution in [3.8, 4) is 5.75 Å². The molecular weight excluding hydrogens is 594 g/mol. The number of fused-ring (bicyclic) bond motifs is 1. The van der Waals surface area contributed by atoms with Crippen LogP contribution in [0.3, 0.4) is 0 Å². The van der Waals surface area contributed by atoms with Crippen LogP contribution in [-0.4, -0.2) is 74.1 Å². The minimum Gasteiger partial charge on any atom is -0.508 e. The van der Waals surface area contributed by atoms with E-state index in [1.54, 1.807) is 48.7 Å². The van der Waals surface area contributed by atoms with E-state index in [1.165, 1.54) is 12.1 Å². The highest BCUT2D eigenvalue weighted by Gasteiger charge is 2.31. The number of para-hydroxylation sites is 1. The van der Waals surface area contributed by atoms with Gasteiger partial charge in [-0.15, -0.1) is 0 Å². The fraction of sp³-hybridized carbons (Fsp3) is 0.242. The summed E-state index contributed by atoms with van der Waals surface area (Å²) in [5, 5.41) is 36.7. The fourth-order valence-electron chi connectivity index (χ4n) is 4.96. The van der Waals surface area contributed by atoms with Crippen LogP contribution in [-0.2, 0) is 43.2 Å². The van der Waals surface area contributed by atoms with Crippen LogP contribution in [0.25, 0.3) is 10.9 Å². The van der Waals surface area contributed by atoms with Gasteiger partial charge in [0.05, 0.1) is 12.5 Å². The van der Waals surface area contributed by atoms with Gasteiger partial charge in [-0.2, -0.15) is 0 Å². The van der Waals surface area contributed by atoms with Gasteiger partial charge in [0.2, 0.25) is 17.7 Å². The molecule has 0 aliphatic heterocycles. The van der Waals surface area contributed by atoms with Crippen LogP contribution in [0.5, 0.6) is 5.75 Å². The van der Waals surface area contributed by atoms with Crippen molar-refractivity contribution in [3.63, 3.8) is 0 Å². The number of carboxylic acid groups (broad SMARTS) is 2. The van der Waals surface area contributed by atoms with Crippen molar-refractivity contribution in [1.29, 1.82) is 0 Å². The van der Waals surface area contributed by atoms with E-state index in [2.05, 4.69) is 20.9 Å². The molecule has 13 heteroatoms. The summed E-state index contributed by atoms with van der Waals surface area (Å²) in [7, 11) is 0. The molecule has 13 nitrogen and oxygen atoms in total. The molecule has 240 valence electrons. The number of aromatic hydroxyl groups is 1. The average Bonchev–Trinajstić information content (AvgIpc) is 3.43. The van der Waals surface area contributed by atoms with Gasteiger partial charge in [-0.25, -0.2) is 4.79 Å². The molecule has 0 fully saturated rings. The zero-order valence-electron chi connectivity index (χ0n) is 24.7. The molecule has 46 heavy (non-hydrogen) atoms. The van der Waals surface area contributed by atoms with Gasteiger partial charge in [0.25, 0.3) is 0 Å². The minimum absolute atomic E-state index is 0.00322. The third-order valence-electron chi connectivity index (χ3n) is 7.37. The normalized spacial score (nSPS) is 13.6. The van der Waals surface area contributed by atoms with Crippen LogP contribution in [0.2, 0.25) is 0 Å². The molecule has 3 amide bonds. The number of nitrogens with two attached hydrogens (primary N) is 1. The summed E-state index contributed by atoms with van der Waals surface area (Å²) >= 11 is 0. The first kappa shape index (κ1) is 33.2. The highest BCUT2D eigenvalue weighted by molar-refractivity contribution is 5.95. The molecule has 4 aromatic rings. The van der Waals surface area contributed by atoms with Gasteiger partial charge in [0, 0.05) is 29.9 Å². The van der Waals surface area contributed by atoms with Gasteiger partial charge in [-0.05, 0) is 41.3 Å². The van der Waals surface area contributed by atoms with Crippen molar-refractivity contribution in [2.24, 2.45) is 5.73 Å². The predicted molar refractivity (Wildman–Crippen MR) is 168 cm³/mol. The molecule has 0 saturated carbocycles. The Morgan fingerprint density at radius 2 is 1.22 bits per heavy atom. The standard InChI is InChI=1S/C33H35N5O8/c34-24(16-21-18-35-25-9-5-4-8-23(21)25)30(42)36-26(15-20-10-12-22(39)13-11-20)31(43)37-27(14-19-6-2-1-3-7-19)32(44)38-28(33(45)46)17-29(40)41/h1-13,18,24,26-28,35,39H,14-17,34H2,(H,36,42)(H,37,43)(H,38,44)(H,40,41)(H,45,46). The smallest absolute Gasteiger partial charge is 0.326 e. The fourth-order valence-corrected chi connectivity index (χ4v) is 4.96. The summed E-state index contributed by atoms with van der Waals surface area (Å²) in [6.45, 7) is 0. The lowest BCUT2D eigenvalue weighted by Gasteiger charge is -2.25. The summed E-state index contributed by atoms with van der Waals surface area (Å²) < 4.78 is 0. The first-order valence-electron chi connectivity index (χ1n) is 14.5. The third-order valence-corrected chi connectivity index (χ3v) is 7.37. The SMILES string of the molecule is NC(Cc1c[nH]c2ccccc12)C(=O)NC(Cc1ccc(O)cc1)C(=O)NC(Cc1ccccc1)C(=O)NC(CC(=O)O)C(=O)O. The molecule has 0 bridgehead atoms. The summed E-state index contributed by atoms with van der Waals surface area (Å²) in [5.74, 6) is -5.29. The molecule has 4 atom stereocenters. The number of amides is 3. The lowest BCUT2D eigenvalue weighted by molar-refractivity contribution is -0.147. The second-order valence-electron chi connectivity index (χ2n) is 10.9. The molecular formula is C33H35N5O8. The molecule has 4 unspecified atom stereocenters. The van der Waals surface area contributed by atoms with Crippen LogP contribution < -0.4 is 21.7 Å². The molecule has 0 aliphatic carbocycles. The zero-order valence-corrected chi connectivity index (χ0v) is 24.7. The minimum atomic E-state index is -1.74. The van der Waals surface area contributed by atoms with E-state index < -0.39 is 60.2 Å². The summed E-state index contributed by atoms with van der Waals surface area (Å²) in [5.41, 5.74) is 9.19. The Balaban J connectivity index is 1.55. The number of hydrogen-bond acceptors (Lipinski definition) is 7. The van der Waals surface area contributed by atoms with Crippen molar-refractivity contribution in [1.82, 2.24) is 20.9 Å².